The van der Waals surface area contributed by atoms with E-state index in [0.29, 0.717) is 23.8 Å². The maximum absolute atomic E-state index is 10.5. The summed E-state index contributed by atoms with van der Waals surface area (Å²) in [4.78, 5) is 12.1. The van der Waals surface area contributed by atoms with Gasteiger partial charge >= 0.3 is 0 Å². The monoisotopic (exact) mass is 237 g/mol. The van der Waals surface area contributed by atoms with E-state index >= 15 is 0 Å². The average Bonchev–Trinajstić information content (AvgIpc) is 2.82. The Morgan fingerprint density at radius 2 is 2.29 bits per heavy atom. The highest BCUT2D eigenvalue weighted by Gasteiger charge is 2.19. The number of ether oxygens (including phenoxy) is 3. The van der Waals surface area contributed by atoms with E-state index in [1.165, 1.54) is 0 Å². The smallest absolute Gasteiger partial charge is 0.231 e. The van der Waals surface area contributed by atoms with Crippen LogP contribution < -0.4 is 14.2 Å². The first kappa shape index (κ1) is 11.6. The van der Waals surface area contributed by atoms with Crippen molar-refractivity contribution in [3.05, 3.63) is 17.7 Å². The summed E-state index contributed by atoms with van der Waals surface area (Å²) < 4.78 is 15.9. The molecule has 92 valence electrons. The van der Waals surface area contributed by atoms with Crippen LogP contribution in [-0.4, -0.2) is 38.8 Å². The van der Waals surface area contributed by atoms with Crippen LogP contribution in [0.2, 0.25) is 0 Å². The van der Waals surface area contributed by atoms with E-state index in [4.69, 9.17) is 14.2 Å². The first-order chi connectivity index (χ1) is 8.24. The van der Waals surface area contributed by atoms with Crippen LogP contribution in [0.25, 0.3) is 0 Å². The zero-order valence-electron chi connectivity index (χ0n) is 9.93. The molecule has 5 nitrogen and oxygen atoms in total. The van der Waals surface area contributed by atoms with Gasteiger partial charge in [-0.15, -0.1) is 0 Å². The average molecular weight is 237 g/mol. The van der Waals surface area contributed by atoms with Crippen molar-refractivity contribution in [3.8, 4) is 17.2 Å². The van der Waals surface area contributed by atoms with Gasteiger partial charge in [-0.1, -0.05) is 0 Å². The molecule has 0 saturated carbocycles. The minimum absolute atomic E-state index is 0.226. The van der Waals surface area contributed by atoms with Crippen LogP contribution in [0.5, 0.6) is 17.2 Å². The van der Waals surface area contributed by atoms with Gasteiger partial charge in [0.2, 0.25) is 19.0 Å². The van der Waals surface area contributed by atoms with Crippen molar-refractivity contribution in [2.75, 3.05) is 27.5 Å². The van der Waals surface area contributed by atoms with Crippen molar-refractivity contribution in [2.45, 2.75) is 6.42 Å². The molecule has 1 aromatic carbocycles. The molecule has 0 aromatic heterocycles. The number of hydrogen-bond donors (Lipinski definition) is 0. The zero-order valence-corrected chi connectivity index (χ0v) is 9.93. The maximum atomic E-state index is 10.5. The summed E-state index contributed by atoms with van der Waals surface area (Å²) in [6.45, 7) is 0.885. The molecule has 1 aromatic rings. The Kier molecular flexibility index (Phi) is 3.37. The van der Waals surface area contributed by atoms with Gasteiger partial charge in [0.1, 0.15) is 0 Å². The van der Waals surface area contributed by atoms with Crippen LogP contribution in [0.4, 0.5) is 0 Å². The van der Waals surface area contributed by atoms with Crippen molar-refractivity contribution in [1.29, 1.82) is 0 Å². The van der Waals surface area contributed by atoms with Crippen LogP contribution in [0, 0.1) is 0 Å². The number of likely N-dealkylation sites (N-methyl/N-ethyl adjacent to an activating group) is 1. The van der Waals surface area contributed by atoms with E-state index in [2.05, 4.69) is 0 Å². The first-order valence-corrected chi connectivity index (χ1v) is 5.36. The van der Waals surface area contributed by atoms with E-state index in [9.17, 15) is 4.79 Å². The van der Waals surface area contributed by atoms with Crippen LogP contribution in [0.1, 0.15) is 5.56 Å². The molecule has 2 rings (SSSR count). The largest absolute Gasteiger partial charge is 0.493 e. The SMILES string of the molecule is COc1cc(CCN(C)C=O)cc2c1OCO2. The number of fused-ring (bicyclic) bond motifs is 1. The Labute approximate surface area is 99.9 Å². The number of carbonyl (C=O) groups is 1. The lowest BCUT2D eigenvalue weighted by molar-refractivity contribution is -0.116. The summed E-state index contributed by atoms with van der Waals surface area (Å²) in [6.07, 6.45) is 1.56. The molecule has 0 saturated heterocycles. The van der Waals surface area contributed by atoms with E-state index in [1.54, 1.807) is 19.1 Å². The molecule has 0 spiro atoms. The fourth-order valence-corrected chi connectivity index (χ4v) is 1.69. The van der Waals surface area contributed by atoms with E-state index in [-0.39, 0.29) is 6.79 Å². The van der Waals surface area contributed by atoms with Gasteiger partial charge in [-0.2, -0.15) is 0 Å². The number of methoxy groups -OCH3 is 1. The summed E-state index contributed by atoms with van der Waals surface area (Å²) in [5, 5.41) is 0. The predicted octanol–water partition coefficient (Wildman–Crippen LogP) is 1.05. The lowest BCUT2D eigenvalue weighted by Crippen LogP contribution is -2.18. The number of carbonyl (C=O) groups excluding carboxylic acids is 1. The third-order valence-corrected chi connectivity index (χ3v) is 2.65. The standard InChI is InChI=1S/C12H15NO4/c1-13(7-14)4-3-9-5-10(15-2)12-11(6-9)16-8-17-12/h5-7H,3-4,8H2,1-2H3. The van der Waals surface area contributed by atoms with E-state index < -0.39 is 0 Å². The van der Waals surface area contributed by atoms with Gasteiger partial charge in [-0.25, -0.2) is 0 Å². The van der Waals surface area contributed by atoms with Gasteiger partial charge in [0.25, 0.3) is 0 Å². The van der Waals surface area contributed by atoms with Crippen LogP contribution >= 0.6 is 0 Å². The second-order valence-corrected chi connectivity index (χ2v) is 3.87. The van der Waals surface area contributed by atoms with Crippen molar-refractivity contribution in [2.24, 2.45) is 0 Å². The molecule has 1 heterocycles. The highest BCUT2D eigenvalue weighted by molar-refractivity contribution is 5.55. The molecule has 0 unspecified atom stereocenters. The Balaban J connectivity index is 2.16. The topological polar surface area (TPSA) is 48.0 Å². The molecular weight excluding hydrogens is 222 g/mol. The molecule has 0 bridgehead atoms. The summed E-state index contributed by atoms with van der Waals surface area (Å²) in [6, 6.07) is 3.83. The number of rotatable bonds is 5. The molecule has 1 aliphatic rings. The van der Waals surface area contributed by atoms with E-state index in [0.717, 1.165) is 18.4 Å². The second kappa shape index (κ2) is 4.95. The summed E-state index contributed by atoms with van der Waals surface area (Å²) in [5.74, 6) is 2.02. The van der Waals surface area contributed by atoms with Gasteiger partial charge < -0.3 is 19.1 Å². The first-order valence-electron chi connectivity index (χ1n) is 5.36. The molecule has 1 aliphatic heterocycles. The van der Waals surface area contributed by atoms with Gasteiger partial charge in [-0.05, 0) is 24.1 Å². The van der Waals surface area contributed by atoms with Crippen molar-refractivity contribution >= 4 is 6.41 Å². The molecule has 0 atom stereocenters. The molecule has 0 N–H and O–H groups in total. The maximum Gasteiger partial charge on any atom is 0.231 e. The molecule has 1 amide bonds. The normalized spacial score (nSPS) is 12.4. The third-order valence-electron chi connectivity index (χ3n) is 2.65. The summed E-state index contributed by atoms with van der Waals surface area (Å²) in [7, 11) is 3.34. The minimum Gasteiger partial charge on any atom is -0.493 e. The molecule has 0 fully saturated rings. The quantitative estimate of drug-likeness (QED) is 0.718. The number of hydrogen-bond acceptors (Lipinski definition) is 4. The van der Waals surface area contributed by atoms with Crippen molar-refractivity contribution < 1.29 is 19.0 Å². The van der Waals surface area contributed by atoms with Crippen LogP contribution in [0.15, 0.2) is 12.1 Å². The van der Waals surface area contributed by atoms with Gasteiger partial charge in [-0.3, -0.25) is 4.79 Å². The number of amides is 1. The van der Waals surface area contributed by atoms with Crippen molar-refractivity contribution in [1.82, 2.24) is 4.90 Å². The van der Waals surface area contributed by atoms with Gasteiger partial charge in [0.15, 0.2) is 11.5 Å². The Hall–Kier alpha value is -1.91. The minimum atomic E-state index is 0.226. The molecule has 5 heteroatoms. The molecule has 0 radical (unpaired) electrons. The van der Waals surface area contributed by atoms with E-state index in [1.807, 2.05) is 12.1 Å². The summed E-state index contributed by atoms with van der Waals surface area (Å²) in [5.41, 5.74) is 1.06. The zero-order chi connectivity index (χ0) is 12.3. The fraction of sp³-hybridized carbons (Fsp3) is 0.417. The highest BCUT2D eigenvalue weighted by Crippen LogP contribution is 2.41. The Morgan fingerprint density at radius 1 is 1.47 bits per heavy atom. The van der Waals surface area contributed by atoms with Gasteiger partial charge in [0, 0.05) is 13.6 Å². The fourth-order valence-electron chi connectivity index (χ4n) is 1.69. The Bertz CT molecular complexity index is 419. The van der Waals surface area contributed by atoms with Crippen molar-refractivity contribution in [3.63, 3.8) is 0 Å². The Morgan fingerprint density at radius 3 is 3.00 bits per heavy atom. The lowest BCUT2D eigenvalue weighted by Gasteiger charge is -2.12. The highest BCUT2D eigenvalue weighted by atomic mass is 16.7. The van der Waals surface area contributed by atoms with Crippen LogP contribution in [-0.2, 0) is 11.2 Å². The molecule has 17 heavy (non-hydrogen) atoms. The lowest BCUT2D eigenvalue weighted by atomic mass is 10.1. The number of nitrogens with zero attached hydrogens (tertiary/aromatic N) is 1. The van der Waals surface area contributed by atoms with Crippen LogP contribution in [0.3, 0.4) is 0 Å². The predicted molar refractivity (Wildman–Crippen MR) is 61.5 cm³/mol. The third kappa shape index (κ3) is 2.43. The second-order valence-electron chi connectivity index (χ2n) is 3.87. The summed E-state index contributed by atoms with van der Waals surface area (Å²) >= 11 is 0. The molecule has 0 aliphatic carbocycles. The number of benzene rings is 1. The molecular formula is C12H15NO4. The van der Waals surface area contributed by atoms with Gasteiger partial charge in [0.05, 0.1) is 7.11 Å².